The fourth-order valence-corrected chi connectivity index (χ4v) is 3.42. The normalized spacial score (nSPS) is 23.7. The molecule has 1 atom stereocenters. The summed E-state index contributed by atoms with van der Waals surface area (Å²) in [5, 5.41) is 10.8. The Balaban J connectivity index is 1.61. The van der Waals surface area contributed by atoms with Crippen molar-refractivity contribution in [2.75, 3.05) is 19.6 Å². The molecular weight excluding hydrogens is 266 g/mol. The lowest BCUT2D eigenvalue weighted by atomic mass is 10.1. The molecule has 1 aromatic rings. The van der Waals surface area contributed by atoms with E-state index in [4.69, 9.17) is 5.11 Å². The van der Waals surface area contributed by atoms with Crippen LogP contribution in [-0.2, 0) is 11.3 Å². The van der Waals surface area contributed by atoms with Crippen molar-refractivity contribution in [3.05, 3.63) is 16.1 Å². The number of aromatic nitrogens is 1. The number of thiazole rings is 1. The van der Waals surface area contributed by atoms with Crippen molar-refractivity contribution in [1.29, 1.82) is 0 Å². The van der Waals surface area contributed by atoms with E-state index in [0.717, 1.165) is 43.1 Å². The number of hydrogen-bond acceptors (Lipinski definition) is 5. The van der Waals surface area contributed by atoms with Gasteiger partial charge in [0, 0.05) is 44.0 Å². The van der Waals surface area contributed by atoms with Gasteiger partial charge in [-0.2, -0.15) is 0 Å². The van der Waals surface area contributed by atoms with Crippen LogP contribution in [-0.4, -0.2) is 57.4 Å². The van der Waals surface area contributed by atoms with E-state index in [9.17, 15) is 9.59 Å². The van der Waals surface area contributed by atoms with Gasteiger partial charge in [0.1, 0.15) is 0 Å². The summed E-state index contributed by atoms with van der Waals surface area (Å²) in [6, 6.07) is 0.332. The van der Waals surface area contributed by atoms with Gasteiger partial charge in [-0.15, -0.1) is 11.3 Å². The van der Waals surface area contributed by atoms with Crippen molar-refractivity contribution in [2.24, 2.45) is 0 Å². The van der Waals surface area contributed by atoms with Crippen molar-refractivity contribution in [3.63, 3.8) is 0 Å². The van der Waals surface area contributed by atoms with Crippen LogP contribution < -0.4 is 0 Å². The van der Waals surface area contributed by atoms with E-state index < -0.39 is 5.97 Å². The Hall–Kier alpha value is -1.47. The molecular formula is C12H15N3O3S. The lowest BCUT2D eigenvalue weighted by molar-refractivity contribution is -0.130. The maximum absolute atomic E-state index is 11.6. The molecule has 3 rings (SSSR count). The zero-order chi connectivity index (χ0) is 13.4. The smallest absolute Gasteiger partial charge is 0.365 e. The summed E-state index contributed by atoms with van der Waals surface area (Å²) in [5.41, 5.74) is 0.806. The second kappa shape index (κ2) is 4.90. The Morgan fingerprint density at radius 3 is 3.11 bits per heavy atom. The molecule has 19 heavy (non-hydrogen) atoms. The minimum Gasteiger partial charge on any atom is -0.476 e. The van der Waals surface area contributed by atoms with Gasteiger partial charge in [0.2, 0.25) is 10.9 Å². The monoisotopic (exact) mass is 281 g/mol. The van der Waals surface area contributed by atoms with E-state index in [0.29, 0.717) is 19.0 Å². The molecule has 1 N–H and O–H groups in total. The second-order valence-corrected chi connectivity index (χ2v) is 5.82. The molecule has 0 saturated carbocycles. The highest BCUT2D eigenvalue weighted by Crippen LogP contribution is 2.24. The van der Waals surface area contributed by atoms with E-state index in [2.05, 4.69) is 9.88 Å². The third kappa shape index (κ3) is 2.48. The van der Waals surface area contributed by atoms with Gasteiger partial charge in [0.05, 0.1) is 5.69 Å². The zero-order valence-electron chi connectivity index (χ0n) is 10.4. The number of carbonyl (C=O) groups excluding carboxylic acids is 1. The van der Waals surface area contributed by atoms with Crippen LogP contribution >= 0.6 is 11.3 Å². The third-order valence-electron chi connectivity index (χ3n) is 3.70. The number of carboxylic acids is 1. The van der Waals surface area contributed by atoms with E-state index in [-0.39, 0.29) is 10.9 Å². The van der Waals surface area contributed by atoms with Crippen LogP contribution in [0, 0.1) is 0 Å². The summed E-state index contributed by atoms with van der Waals surface area (Å²) < 4.78 is 0. The quantitative estimate of drug-likeness (QED) is 0.880. The molecule has 0 radical (unpaired) electrons. The average molecular weight is 281 g/mol. The summed E-state index contributed by atoms with van der Waals surface area (Å²) in [6.45, 7) is 3.15. The largest absolute Gasteiger partial charge is 0.476 e. The van der Waals surface area contributed by atoms with Gasteiger partial charge < -0.3 is 10.0 Å². The van der Waals surface area contributed by atoms with E-state index in [1.165, 1.54) is 0 Å². The molecule has 2 aliphatic heterocycles. The predicted molar refractivity (Wildman–Crippen MR) is 69.1 cm³/mol. The highest BCUT2D eigenvalue weighted by atomic mass is 32.1. The number of nitrogens with zero attached hydrogens (tertiary/aromatic N) is 3. The van der Waals surface area contributed by atoms with Crippen LogP contribution in [0.4, 0.5) is 0 Å². The van der Waals surface area contributed by atoms with E-state index >= 15 is 0 Å². The molecule has 6 nitrogen and oxygen atoms in total. The number of aromatic carboxylic acids is 1. The summed E-state index contributed by atoms with van der Waals surface area (Å²) in [6.07, 6.45) is 1.60. The maximum Gasteiger partial charge on any atom is 0.365 e. The Kier molecular flexibility index (Phi) is 3.24. The summed E-state index contributed by atoms with van der Waals surface area (Å²) >= 11 is 1.16. The van der Waals surface area contributed by atoms with Gasteiger partial charge in [0.15, 0.2) is 0 Å². The first-order valence-electron chi connectivity index (χ1n) is 6.33. The molecule has 0 aliphatic carbocycles. The SMILES string of the molecule is O=C(O)c1nc(CN2CCN3C(=O)CCC3C2)cs1. The van der Waals surface area contributed by atoms with Gasteiger partial charge in [-0.25, -0.2) is 9.78 Å². The summed E-state index contributed by atoms with van der Waals surface area (Å²) in [5.74, 6) is -0.700. The van der Waals surface area contributed by atoms with Crippen LogP contribution in [0.3, 0.4) is 0 Å². The zero-order valence-corrected chi connectivity index (χ0v) is 11.2. The molecule has 0 spiro atoms. The minimum absolute atomic E-state index is 0.143. The van der Waals surface area contributed by atoms with Crippen LogP contribution in [0.5, 0.6) is 0 Å². The van der Waals surface area contributed by atoms with Crippen molar-refractivity contribution < 1.29 is 14.7 Å². The first kappa shape index (κ1) is 12.6. The highest BCUT2D eigenvalue weighted by molar-refractivity contribution is 7.11. The number of fused-ring (bicyclic) bond motifs is 1. The van der Waals surface area contributed by atoms with Gasteiger partial charge in [0.25, 0.3) is 0 Å². The van der Waals surface area contributed by atoms with Gasteiger partial charge in [-0.05, 0) is 6.42 Å². The molecule has 7 heteroatoms. The van der Waals surface area contributed by atoms with E-state index in [1.807, 2.05) is 4.90 Å². The molecule has 2 aliphatic rings. The predicted octanol–water partition coefficient (Wildman–Crippen LogP) is 0.648. The third-order valence-corrected chi connectivity index (χ3v) is 4.58. The summed E-state index contributed by atoms with van der Waals surface area (Å²) in [4.78, 5) is 30.7. The van der Waals surface area contributed by atoms with E-state index in [1.54, 1.807) is 5.38 Å². The Bertz CT molecular complexity index is 516. The number of amides is 1. The summed E-state index contributed by atoms with van der Waals surface area (Å²) in [7, 11) is 0. The number of carboxylic acid groups (broad SMARTS) is 1. The molecule has 0 aromatic carbocycles. The molecule has 1 amide bonds. The molecule has 1 unspecified atom stereocenters. The van der Waals surface area contributed by atoms with Crippen LogP contribution in [0.15, 0.2) is 5.38 Å². The van der Waals surface area contributed by atoms with Gasteiger partial charge in [-0.1, -0.05) is 0 Å². The van der Waals surface area contributed by atoms with Crippen LogP contribution in [0.1, 0.15) is 28.3 Å². The molecule has 3 heterocycles. The van der Waals surface area contributed by atoms with Gasteiger partial charge in [-0.3, -0.25) is 9.69 Å². The van der Waals surface area contributed by atoms with Crippen LogP contribution in [0.25, 0.3) is 0 Å². The molecule has 2 fully saturated rings. The highest BCUT2D eigenvalue weighted by Gasteiger charge is 2.35. The Morgan fingerprint density at radius 1 is 1.53 bits per heavy atom. The van der Waals surface area contributed by atoms with Crippen molar-refractivity contribution in [2.45, 2.75) is 25.4 Å². The lowest BCUT2D eigenvalue weighted by Crippen LogP contribution is -2.50. The number of piperazine rings is 1. The number of carbonyl (C=O) groups is 2. The lowest BCUT2D eigenvalue weighted by Gasteiger charge is -2.37. The van der Waals surface area contributed by atoms with Crippen molar-refractivity contribution >= 4 is 23.2 Å². The van der Waals surface area contributed by atoms with Crippen molar-refractivity contribution in [3.8, 4) is 0 Å². The van der Waals surface area contributed by atoms with Crippen LogP contribution in [0.2, 0.25) is 0 Å². The second-order valence-electron chi connectivity index (χ2n) is 4.96. The fourth-order valence-electron chi connectivity index (χ4n) is 2.78. The first-order valence-corrected chi connectivity index (χ1v) is 7.21. The molecule has 0 bridgehead atoms. The molecule has 2 saturated heterocycles. The average Bonchev–Trinajstić information content (AvgIpc) is 2.97. The first-order chi connectivity index (χ1) is 9.13. The standard InChI is InChI=1S/C12H15N3O3S/c16-10-2-1-9-6-14(3-4-15(9)10)5-8-7-19-11(13-8)12(17)18/h7,9H,1-6H2,(H,17,18). The number of hydrogen-bond donors (Lipinski definition) is 1. The fraction of sp³-hybridized carbons (Fsp3) is 0.583. The number of rotatable bonds is 3. The molecule has 102 valence electrons. The van der Waals surface area contributed by atoms with Crippen molar-refractivity contribution in [1.82, 2.24) is 14.8 Å². The van der Waals surface area contributed by atoms with Gasteiger partial charge >= 0.3 is 5.97 Å². The maximum atomic E-state index is 11.6. The minimum atomic E-state index is -0.970. The topological polar surface area (TPSA) is 73.7 Å². The molecule has 1 aromatic heterocycles. The Morgan fingerprint density at radius 2 is 2.37 bits per heavy atom. The Labute approximate surface area is 114 Å².